The highest BCUT2D eigenvalue weighted by atomic mass is 32.2. The van der Waals surface area contributed by atoms with Crippen molar-refractivity contribution in [2.45, 2.75) is 11.3 Å². The van der Waals surface area contributed by atoms with Crippen LogP contribution in [0, 0.1) is 0 Å². The molecule has 0 radical (unpaired) electrons. The molecule has 1 atom stereocenters. The van der Waals surface area contributed by atoms with E-state index in [1.165, 1.54) is 14.2 Å². The zero-order chi connectivity index (χ0) is 10.7. The Balaban J connectivity index is 3.01. The summed E-state index contributed by atoms with van der Waals surface area (Å²) in [4.78, 5) is 0. The quantitative estimate of drug-likeness (QED) is 0.688. The van der Waals surface area contributed by atoms with E-state index < -0.39 is 17.1 Å². The van der Waals surface area contributed by atoms with Gasteiger partial charge in [0.2, 0.25) is 6.29 Å². The fraction of sp³-hybridized carbons (Fsp3) is 0.625. The van der Waals surface area contributed by atoms with Gasteiger partial charge in [-0.1, -0.05) is 0 Å². The Labute approximate surface area is 85.5 Å². The first-order valence-corrected chi connectivity index (χ1v) is 5.59. The van der Waals surface area contributed by atoms with Gasteiger partial charge in [0, 0.05) is 33.6 Å². The highest BCUT2D eigenvalue weighted by Gasteiger charge is 2.16. The summed E-state index contributed by atoms with van der Waals surface area (Å²) in [7, 11) is 3.75. The molecule has 0 amide bonds. The minimum atomic E-state index is -1.05. The molecular formula is C8H14N2O3S. The highest BCUT2D eigenvalue weighted by Crippen LogP contribution is 2.17. The fourth-order valence-corrected chi connectivity index (χ4v) is 1.89. The van der Waals surface area contributed by atoms with Crippen molar-refractivity contribution in [3.05, 3.63) is 11.8 Å². The van der Waals surface area contributed by atoms with Crippen LogP contribution in [0.2, 0.25) is 0 Å². The Morgan fingerprint density at radius 1 is 1.50 bits per heavy atom. The van der Waals surface area contributed by atoms with E-state index in [4.69, 9.17) is 9.47 Å². The lowest BCUT2D eigenvalue weighted by Crippen LogP contribution is -2.05. The second-order valence-corrected chi connectivity index (χ2v) is 4.12. The van der Waals surface area contributed by atoms with Gasteiger partial charge in [0.15, 0.2) is 0 Å². The molecule has 1 aromatic rings. The predicted octanol–water partition coefficient (Wildman–Crippen LogP) is 0.449. The Morgan fingerprint density at radius 2 is 2.07 bits per heavy atom. The minimum absolute atomic E-state index is 0.501. The molecule has 1 heterocycles. The van der Waals surface area contributed by atoms with Crippen LogP contribution in [-0.4, -0.2) is 34.5 Å². The number of rotatable bonds is 4. The summed E-state index contributed by atoms with van der Waals surface area (Å²) in [6, 6.07) is 1.72. The Kier molecular flexibility index (Phi) is 3.79. The minimum Gasteiger partial charge on any atom is -0.350 e. The number of ether oxygens (including phenoxy) is 2. The lowest BCUT2D eigenvalue weighted by molar-refractivity contribution is -0.108. The van der Waals surface area contributed by atoms with E-state index in [0.29, 0.717) is 10.7 Å². The molecule has 0 saturated heterocycles. The van der Waals surface area contributed by atoms with Gasteiger partial charge in [-0.25, -0.2) is 0 Å². The fourth-order valence-electron chi connectivity index (χ4n) is 1.19. The molecule has 0 spiro atoms. The molecule has 1 rings (SSSR count). The summed E-state index contributed by atoms with van der Waals surface area (Å²) in [5.41, 5.74) is 0.628. The number of hydrogen-bond acceptors (Lipinski definition) is 4. The third-order valence-corrected chi connectivity index (χ3v) is 2.79. The molecule has 1 unspecified atom stereocenters. The maximum absolute atomic E-state index is 11.2. The van der Waals surface area contributed by atoms with E-state index in [1.807, 2.05) is 0 Å². The van der Waals surface area contributed by atoms with Crippen molar-refractivity contribution in [3.8, 4) is 0 Å². The topological polar surface area (TPSA) is 53.4 Å². The third-order valence-electron chi connectivity index (χ3n) is 1.82. The van der Waals surface area contributed by atoms with Crippen molar-refractivity contribution >= 4 is 10.8 Å². The lowest BCUT2D eigenvalue weighted by atomic mass is 10.4. The van der Waals surface area contributed by atoms with E-state index in [1.54, 1.807) is 24.1 Å². The Bertz CT molecular complexity index is 333. The monoisotopic (exact) mass is 218 g/mol. The molecule has 0 saturated carbocycles. The molecule has 0 N–H and O–H groups in total. The Hall–Kier alpha value is -0.720. The van der Waals surface area contributed by atoms with Crippen LogP contribution in [0.25, 0.3) is 0 Å². The van der Waals surface area contributed by atoms with Gasteiger partial charge < -0.3 is 9.47 Å². The summed E-state index contributed by atoms with van der Waals surface area (Å²) in [6.45, 7) is 0. The van der Waals surface area contributed by atoms with E-state index in [9.17, 15) is 4.21 Å². The summed E-state index contributed by atoms with van der Waals surface area (Å²) in [5.74, 6) is 0. The molecule has 0 aliphatic heterocycles. The van der Waals surface area contributed by atoms with E-state index in [-0.39, 0.29) is 0 Å². The smallest absolute Gasteiger partial charge is 0.202 e. The second kappa shape index (κ2) is 4.68. The molecule has 0 bridgehead atoms. The number of aromatic nitrogens is 2. The van der Waals surface area contributed by atoms with Gasteiger partial charge in [0.05, 0.1) is 10.8 Å². The zero-order valence-electron chi connectivity index (χ0n) is 8.68. The van der Waals surface area contributed by atoms with Crippen LogP contribution in [0.15, 0.2) is 11.1 Å². The third kappa shape index (κ3) is 2.20. The van der Waals surface area contributed by atoms with E-state index in [0.717, 1.165) is 0 Å². The summed E-state index contributed by atoms with van der Waals surface area (Å²) in [5, 5.41) is 4.80. The van der Waals surface area contributed by atoms with Crippen LogP contribution < -0.4 is 0 Å². The summed E-state index contributed by atoms with van der Waals surface area (Å²) < 4.78 is 22.9. The molecule has 0 aliphatic carbocycles. The van der Waals surface area contributed by atoms with Gasteiger partial charge in [-0.15, -0.1) is 0 Å². The summed E-state index contributed by atoms with van der Waals surface area (Å²) >= 11 is 0. The van der Waals surface area contributed by atoms with Gasteiger partial charge in [0.1, 0.15) is 10.7 Å². The summed E-state index contributed by atoms with van der Waals surface area (Å²) in [6.07, 6.45) is 1.11. The van der Waals surface area contributed by atoms with Crippen molar-refractivity contribution in [3.63, 3.8) is 0 Å². The molecule has 0 aliphatic rings. The van der Waals surface area contributed by atoms with Gasteiger partial charge in [0.25, 0.3) is 0 Å². The van der Waals surface area contributed by atoms with E-state index >= 15 is 0 Å². The molecule has 0 aromatic carbocycles. The number of hydrogen-bond donors (Lipinski definition) is 0. The van der Waals surface area contributed by atoms with Crippen LogP contribution in [0.4, 0.5) is 0 Å². The maximum atomic E-state index is 11.2. The Morgan fingerprint density at radius 3 is 2.43 bits per heavy atom. The molecule has 80 valence electrons. The number of nitrogens with zero attached hydrogens (tertiary/aromatic N) is 2. The van der Waals surface area contributed by atoms with Crippen molar-refractivity contribution in [1.82, 2.24) is 9.78 Å². The average molecular weight is 218 g/mol. The molecule has 6 heteroatoms. The van der Waals surface area contributed by atoms with Gasteiger partial charge in [-0.2, -0.15) is 5.10 Å². The van der Waals surface area contributed by atoms with Crippen molar-refractivity contribution in [2.75, 3.05) is 20.5 Å². The average Bonchev–Trinajstić information content (AvgIpc) is 2.50. The van der Waals surface area contributed by atoms with Crippen molar-refractivity contribution in [1.29, 1.82) is 0 Å². The van der Waals surface area contributed by atoms with Gasteiger partial charge in [-0.3, -0.25) is 8.89 Å². The van der Waals surface area contributed by atoms with Crippen LogP contribution >= 0.6 is 0 Å². The molecule has 1 aromatic heterocycles. The number of aryl methyl sites for hydroxylation is 1. The molecule has 5 nitrogen and oxygen atoms in total. The molecule has 14 heavy (non-hydrogen) atoms. The van der Waals surface area contributed by atoms with Crippen molar-refractivity contribution < 1.29 is 13.7 Å². The maximum Gasteiger partial charge on any atom is 0.202 e. The normalized spacial score (nSPS) is 13.5. The standard InChI is InChI=1S/C8H14N2O3S/c1-10-7(14(4)11)5-6(9-10)8(12-2)13-3/h5,8H,1-4H3. The molecule has 0 fully saturated rings. The van der Waals surface area contributed by atoms with Gasteiger partial charge in [-0.05, 0) is 0 Å². The van der Waals surface area contributed by atoms with Crippen LogP contribution in [0.3, 0.4) is 0 Å². The largest absolute Gasteiger partial charge is 0.350 e. The SMILES string of the molecule is COC(OC)c1cc(S(C)=O)n(C)n1. The van der Waals surface area contributed by atoms with Crippen LogP contribution in [-0.2, 0) is 27.3 Å². The first-order chi connectivity index (χ1) is 6.60. The van der Waals surface area contributed by atoms with E-state index in [2.05, 4.69) is 5.10 Å². The predicted molar refractivity (Wildman–Crippen MR) is 52.3 cm³/mol. The first-order valence-electron chi connectivity index (χ1n) is 4.03. The van der Waals surface area contributed by atoms with Crippen LogP contribution in [0.1, 0.15) is 12.0 Å². The van der Waals surface area contributed by atoms with Gasteiger partial charge >= 0.3 is 0 Å². The zero-order valence-corrected chi connectivity index (χ0v) is 9.50. The molecular weight excluding hydrogens is 204 g/mol. The number of methoxy groups -OCH3 is 2. The van der Waals surface area contributed by atoms with Crippen molar-refractivity contribution in [2.24, 2.45) is 7.05 Å². The lowest BCUT2D eigenvalue weighted by Gasteiger charge is -2.08. The highest BCUT2D eigenvalue weighted by molar-refractivity contribution is 7.84. The second-order valence-electron chi connectivity index (χ2n) is 2.79. The first kappa shape index (κ1) is 11.4. The van der Waals surface area contributed by atoms with Crippen LogP contribution in [0.5, 0.6) is 0 Å².